The molecule has 0 amide bonds. The fourth-order valence-electron chi connectivity index (χ4n) is 2.03. The molecule has 0 radical (unpaired) electrons. The second kappa shape index (κ2) is 6.43. The van der Waals surface area contributed by atoms with Crippen molar-refractivity contribution in [3.63, 3.8) is 0 Å². The first kappa shape index (κ1) is 15.1. The Balaban J connectivity index is 2.09. The maximum absolute atomic E-state index is 12.2. The Kier molecular flexibility index (Phi) is 4.62. The number of hydrogen-bond acceptors (Lipinski definition) is 3. The van der Waals surface area contributed by atoms with Gasteiger partial charge in [-0.25, -0.2) is 0 Å². The SMILES string of the molecule is Cc1ccc(C(=O)COc2ccc(C#N)cc2Cl)c(C)c1. The van der Waals surface area contributed by atoms with E-state index in [1.807, 2.05) is 32.0 Å². The fraction of sp³-hybridized carbons (Fsp3) is 0.176. The Morgan fingerprint density at radius 2 is 2.00 bits per heavy atom. The molecule has 0 aliphatic rings. The molecule has 0 fully saturated rings. The maximum atomic E-state index is 12.2. The average molecular weight is 300 g/mol. The van der Waals surface area contributed by atoms with Crippen molar-refractivity contribution in [2.45, 2.75) is 13.8 Å². The molecule has 0 N–H and O–H groups in total. The van der Waals surface area contributed by atoms with Crippen LogP contribution in [0.5, 0.6) is 5.75 Å². The zero-order valence-electron chi connectivity index (χ0n) is 11.8. The minimum Gasteiger partial charge on any atom is -0.484 e. The van der Waals surface area contributed by atoms with Crippen LogP contribution in [-0.2, 0) is 0 Å². The lowest BCUT2D eigenvalue weighted by Gasteiger charge is -2.09. The van der Waals surface area contributed by atoms with Gasteiger partial charge in [0.25, 0.3) is 0 Å². The van der Waals surface area contributed by atoms with Crippen molar-refractivity contribution in [3.8, 4) is 11.8 Å². The highest BCUT2D eigenvalue weighted by Gasteiger charge is 2.11. The van der Waals surface area contributed by atoms with Crippen molar-refractivity contribution in [2.75, 3.05) is 6.61 Å². The summed E-state index contributed by atoms with van der Waals surface area (Å²) in [6.45, 7) is 3.79. The molecule has 106 valence electrons. The summed E-state index contributed by atoms with van der Waals surface area (Å²) in [6, 6.07) is 12.4. The quantitative estimate of drug-likeness (QED) is 0.799. The number of carbonyl (C=O) groups excluding carboxylic acids is 1. The van der Waals surface area contributed by atoms with Crippen LogP contribution in [0.2, 0.25) is 5.02 Å². The van der Waals surface area contributed by atoms with Crippen molar-refractivity contribution in [1.82, 2.24) is 0 Å². The third-order valence-electron chi connectivity index (χ3n) is 3.10. The van der Waals surface area contributed by atoms with Gasteiger partial charge in [-0.2, -0.15) is 5.26 Å². The second-order valence-corrected chi connectivity index (χ2v) is 5.19. The van der Waals surface area contributed by atoms with Gasteiger partial charge >= 0.3 is 0 Å². The first-order valence-electron chi connectivity index (χ1n) is 6.44. The molecule has 0 aliphatic heterocycles. The summed E-state index contributed by atoms with van der Waals surface area (Å²) in [5, 5.41) is 9.09. The molecule has 0 spiro atoms. The van der Waals surface area contributed by atoms with Crippen LogP contribution in [0.1, 0.15) is 27.0 Å². The maximum Gasteiger partial charge on any atom is 0.200 e. The number of nitrogens with zero attached hydrogens (tertiary/aromatic N) is 1. The lowest BCUT2D eigenvalue weighted by atomic mass is 10.0. The highest BCUT2D eigenvalue weighted by atomic mass is 35.5. The van der Waals surface area contributed by atoms with Crippen LogP contribution < -0.4 is 4.74 Å². The summed E-state index contributed by atoms with van der Waals surface area (Å²) >= 11 is 6.00. The normalized spacial score (nSPS) is 10.0. The molecule has 0 saturated heterocycles. The van der Waals surface area contributed by atoms with Crippen LogP contribution in [0.25, 0.3) is 0 Å². The Bertz CT molecular complexity index is 732. The van der Waals surface area contributed by atoms with Crippen molar-refractivity contribution in [3.05, 3.63) is 63.7 Å². The number of nitriles is 1. The Morgan fingerprint density at radius 3 is 2.62 bits per heavy atom. The lowest BCUT2D eigenvalue weighted by Crippen LogP contribution is -2.13. The van der Waals surface area contributed by atoms with Gasteiger partial charge in [-0.15, -0.1) is 0 Å². The third kappa shape index (κ3) is 3.62. The van der Waals surface area contributed by atoms with Gasteiger partial charge in [0.1, 0.15) is 5.75 Å². The van der Waals surface area contributed by atoms with Gasteiger partial charge < -0.3 is 4.74 Å². The van der Waals surface area contributed by atoms with Gasteiger partial charge in [0.15, 0.2) is 12.4 Å². The largest absolute Gasteiger partial charge is 0.484 e. The van der Waals surface area contributed by atoms with Gasteiger partial charge in [-0.1, -0.05) is 35.4 Å². The topological polar surface area (TPSA) is 50.1 Å². The van der Waals surface area contributed by atoms with Crippen LogP contribution in [0, 0.1) is 25.2 Å². The number of ketones is 1. The fourth-order valence-corrected chi connectivity index (χ4v) is 2.27. The van der Waals surface area contributed by atoms with Crippen molar-refractivity contribution in [1.29, 1.82) is 5.26 Å². The first-order valence-corrected chi connectivity index (χ1v) is 6.82. The first-order chi connectivity index (χ1) is 10.0. The number of aryl methyl sites for hydroxylation is 2. The van der Waals surface area contributed by atoms with Crippen LogP contribution in [-0.4, -0.2) is 12.4 Å². The second-order valence-electron chi connectivity index (χ2n) is 4.79. The van der Waals surface area contributed by atoms with E-state index in [1.165, 1.54) is 6.07 Å². The van der Waals surface area contributed by atoms with Gasteiger partial charge in [-0.05, 0) is 37.6 Å². The summed E-state index contributed by atoms with van der Waals surface area (Å²) in [5.74, 6) is 0.293. The molecule has 4 heteroatoms. The summed E-state index contributed by atoms with van der Waals surface area (Å²) in [5.41, 5.74) is 3.13. The summed E-state index contributed by atoms with van der Waals surface area (Å²) in [4.78, 5) is 12.2. The highest BCUT2D eigenvalue weighted by Crippen LogP contribution is 2.25. The zero-order valence-corrected chi connectivity index (χ0v) is 12.6. The molecule has 0 atom stereocenters. The number of rotatable bonds is 4. The van der Waals surface area contributed by atoms with E-state index >= 15 is 0 Å². The molecule has 2 aromatic rings. The number of halogens is 1. The summed E-state index contributed by atoms with van der Waals surface area (Å²) in [6.07, 6.45) is 0. The van der Waals surface area contributed by atoms with Crippen molar-refractivity contribution < 1.29 is 9.53 Å². The summed E-state index contributed by atoms with van der Waals surface area (Å²) < 4.78 is 5.45. The molecule has 0 heterocycles. The Morgan fingerprint density at radius 1 is 1.24 bits per heavy atom. The van der Waals surface area contributed by atoms with Crippen LogP contribution in [0.4, 0.5) is 0 Å². The number of Topliss-reactive ketones (excluding diaryl/α,β-unsaturated/α-hetero) is 1. The van der Waals surface area contributed by atoms with Gasteiger partial charge in [0, 0.05) is 5.56 Å². The molecule has 0 aliphatic carbocycles. The van der Waals surface area contributed by atoms with Crippen LogP contribution in [0.15, 0.2) is 36.4 Å². The smallest absolute Gasteiger partial charge is 0.200 e. The van der Waals surface area contributed by atoms with E-state index in [-0.39, 0.29) is 12.4 Å². The lowest BCUT2D eigenvalue weighted by molar-refractivity contribution is 0.0921. The molecular weight excluding hydrogens is 286 g/mol. The minimum atomic E-state index is -0.104. The van der Waals surface area contributed by atoms with Crippen LogP contribution >= 0.6 is 11.6 Å². The molecule has 0 bridgehead atoms. The molecule has 0 aromatic heterocycles. The van der Waals surface area contributed by atoms with E-state index < -0.39 is 0 Å². The van der Waals surface area contributed by atoms with E-state index in [9.17, 15) is 4.79 Å². The molecule has 2 rings (SSSR count). The number of benzene rings is 2. The molecule has 3 nitrogen and oxygen atoms in total. The Labute approximate surface area is 128 Å². The highest BCUT2D eigenvalue weighted by molar-refractivity contribution is 6.32. The molecule has 0 saturated carbocycles. The van der Waals surface area contributed by atoms with Crippen molar-refractivity contribution >= 4 is 17.4 Å². The van der Waals surface area contributed by atoms with Gasteiger partial charge in [-0.3, -0.25) is 4.79 Å². The van der Waals surface area contributed by atoms with Crippen LogP contribution in [0.3, 0.4) is 0 Å². The zero-order chi connectivity index (χ0) is 15.4. The predicted molar refractivity (Wildman–Crippen MR) is 81.9 cm³/mol. The monoisotopic (exact) mass is 299 g/mol. The van der Waals surface area contributed by atoms with Crippen molar-refractivity contribution in [2.24, 2.45) is 0 Å². The summed E-state index contributed by atoms with van der Waals surface area (Å²) in [7, 11) is 0. The van der Waals surface area contributed by atoms with E-state index in [2.05, 4.69) is 0 Å². The molecule has 0 unspecified atom stereocenters. The molecular formula is C17H14ClNO2. The van der Waals surface area contributed by atoms with E-state index in [4.69, 9.17) is 21.6 Å². The average Bonchev–Trinajstić information content (AvgIpc) is 2.45. The molecule has 2 aromatic carbocycles. The van der Waals surface area contributed by atoms with Gasteiger partial charge in [0.05, 0.1) is 16.7 Å². The standard InChI is InChI=1S/C17H14ClNO2/c1-11-3-5-14(12(2)7-11)16(20)10-21-17-6-4-13(9-19)8-15(17)18/h3-8H,10H2,1-2H3. The predicted octanol–water partition coefficient (Wildman–Crippen LogP) is 4.09. The molecule has 21 heavy (non-hydrogen) atoms. The van der Waals surface area contributed by atoms with E-state index in [1.54, 1.807) is 18.2 Å². The number of hydrogen-bond donors (Lipinski definition) is 0. The number of carbonyl (C=O) groups is 1. The van der Waals surface area contributed by atoms with Gasteiger partial charge in [0.2, 0.25) is 0 Å². The van der Waals surface area contributed by atoms with E-state index in [0.717, 1.165) is 11.1 Å². The van der Waals surface area contributed by atoms with E-state index in [0.29, 0.717) is 21.9 Å². The third-order valence-corrected chi connectivity index (χ3v) is 3.40. The number of ether oxygens (including phenoxy) is 1. The minimum absolute atomic E-state index is 0.0878. The Hall–Kier alpha value is -2.31.